The molecule has 11 heteroatoms. The number of benzene rings is 1. The van der Waals surface area contributed by atoms with Gasteiger partial charge in [-0.15, -0.1) is 0 Å². The van der Waals surface area contributed by atoms with E-state index in [1.165, 1.54) is 22.9 Å². The molecule has 40 heavy (non-hydrogen) atoms. The summed E-state index contributed by atoms with van der Waals surface area (Å²) in [6.45, 7) is 3.72. The van der Waals surface area contributed by atoms with Crippen molar-refractivity contribution < 1.29 is 14.3 Å². The number of aromatic amines is 1. The van der Waals surface area contributed by atoms with Gasteiger partial charge in [0.1, 0.15) is 22.7 Å². The van der Waals surface area contributed by atoms with Crippen LogP contribution in [0.25, 0.3) is 44.1 Å². The second-order valence-corrected chi connectivity index (χ2v) is 10.8. The lowest BCUT2D eigenvalue weighted by molar-refractivity contribution is 0.0695. The Morgan fingerprint density at radius 3 is 2.62 bits per heavy atom. The highest BCUT2D eigenvalue weighted by Gasteiger charge is 2.34. The van der Waals surface area contributed by atoms with Crippen LogP contribution in [-0.4, -0.2) is 75.8 Å². The predicted molar refractivity (Wildman–Crippen MR) is 155 cm³/mol. The van der Waals surface area contributed by atoms with E-state index in [-0.39, 0.29) is 16.8 Å². The zero-order valence-corrected chi connectivity index (χ0v) is 22.9. The van der Waals surface area contributed by atoms with E-state index in [4.69, 9.17) is 4.98 Å². The first-order chi connectivity index (χ1) is 19.1. The Kier molecular flexibility index (Phi) is 5.99. The second-order valence-electron chi connectivity index (χ2n) is 10.8. The third-order valence-corrected chi connectivity index (χ3v) is 8.04. The van der Waals surface area contributed by atoms with Gasteiger partial charge < -0.3 is 29.8 Å². The summed E-state index contributed by atoms with van der Waals surface area (Å²) in [7, 11) is 7.54. The minimum Gasteiger partial charge on any atom is -0.477 e. The van der Waals surface area contributed by atoms with Crippen LogP contribution in [0.4, 0.5) is 15.8 Å². The SMILES string of the molecule is CNc1cc(F)cc2c1[nH]c1ncc(-c3cnc4c(c3)c(=O)c(C(=O)O)cn4C)c(N3C[C@H](C)[C@@H](N(C)C)C3)c12. The number of aromatic carboxylic acids is 1. The summed E-state index contributed by atoms with van der Waals surface area (Å²) in [5.74, 6) is -1.30. The molecule has 5 heterocycles. The number of aromatic nitrogens is 4. The molecule has 206 valence electrons. The maximum atomic E-state index is 14.8. The van der Waals surface area contributed by atoms with Crippen molar-refractivity contribution in [2.45, 2.75) is 13.0 Å². The quantitative estimate of drug-likeness (QED) is 0.306. The Bertz CT molecular complexity index is 1890. The predicted octanol–water partition coefficient (Wildman–Crippen LogP) is 3.90. The zero-order chi connectivity index (χ0) is 28.5. The van der Waals surface area contributed by atoms with Gasteiger partial charge in [0.2, 0.25) is 5.43 Å². The molecule has 0 bridgehead atoms. The summed E-state index contributed by atoms with van der Waals surface area (Å²) in [5, 5.41) is 14.3. The summed E-state index contributed by atoms with van der Waals surface area (Å²) in [4.78, 5) is 42.0. The number of likely N-dealkylation sites (N-methyl/N-ethyl adjacent to an activating group) is 1. The van der Waals surface area contributed by atoms with Gasteiger partial charge in [0.05, 0.1) is 27.7 Å². The molecule has 0 aliphatic carbocycles. The number of rotatable bonds is 5. The van der Waals surface area contributed by atoms with Gasteiger partial charge in [-0.25, -0.2) is 19.2 Å². The fourth-order valence-corrected chi connectivity index (χ4v) is 6.11. The van der Waals surface area contributed by atoms with Crippen LogP contribution >= 0.6 is 0 Å². The van der Waals surface area contributed by atoms with E-state index >= 15 is 0 Å². The first-order valence-corrected chi connectivity index (χ1v) is 13.0. The lowest BCUT2D eigenvalue weighted by Crippen LogP contribution is -2.34. The van der Waals surface area contributed by atoms with Gasteiger partial charge in [-0.05, 0) is 38.2 Å². The number of fused-ring (bicyclic) bond motifs is 4. The molecule has 0 unspecified atom stereocenters. The Hall–Kier alpha value is -4.51. The summed E-state index contributed by atoms with van der Waals surface area (Å²) in [6.07, 6.45) is 4.70. The monoisotopic (exact) mass is 543 g/mol. The van der Waals surface area contributed by atoms with Gasteiger partial charge in [-0.2, -0.15) is 0 Å². The van der Waals surface area contributed by atoms with Crippen LogP contribution in [-0.2, 0) is 7.05 Å². The van der Waals surface area contributed by atoms with Gasteiger partial charge >= 0.3 is 5.97 Å². The summed E-state index contributed by atoms with van der Waals surface area (Å²) in [6, 6.07) is 4.94. The first kappa shape index (κ1) is 25.8. The molecule has 4 aromatic heterocycles. The minimum atomic E-state index is -1.29. The molecule has 0 amide bonds. The van der Waals surface area contributed by atoms with Crippen LogP contribution in [0.2, 0.25) is 0 Å². The zero-order valence-electron chi connectivity index (χ0n) is 22.9. The molecule has 1 aromatic carbocycles. The lowest BCUT2D eigenvalue weighted by atomic mass is 10.0. The third-order valence-electron chi connectivity index (χ3n) is 8.04. The number of H-pyrrole nitrogens is 1. The molecule has 1 saturated heterocycles. The number of anilines is 2. The van der Waals surface area contributed by atoms with Crippen LogP contribution in [0.5, 0.6) is 0 Å². The summed E-state index contributed by atoms with van der Waals surface area (Å²) >= 11 is 0. The van der Waals surface area contributed by atoms with Crippen molar-refractivity contribution in [2.75, 3.05) is 44.4 Å². The minimum absolute atomic E-state index is 0.203. The molecular weight excluding hydrogens is 513 g/mol. The van der Waals surface area contributed by atoms with Crippen molar-refractivity contribution in [1.82, 2.24) is 24.4 Å². The molecule has 10 nitrogen and oxygen atoms in total. The fourth-order valence-electron chi connectivity index (χ4n) is 6.11. The average molecular weight is 544 g/mol. The van der Waals surface area contributed by atoms with Crippen molar-refractivity contribution in [1.29, 1.82) is 0 Å². The van der Waals surface area contributed by atoms with Gasteiger partial charge in [-0.1, -0.05) is 6.92 Å². The molecule has 1 aliphatic heterocycles. The van der Waals surface area contributed by atoms with E-state index in [0.717, 1.165) is 35.2 Å². The molecule has 3 N–H and O–H groups in total. The molecule has 1 fully saturated rings. The number of nitrogens with zero attached hydrogens (tertiary/aromatic N) is 5. The first-order valence-electron chi connectivity index (χ1n) is 13.0. The Morgan fingerprint density at radius 2 is 1.95 bits per heavy atom. The highest BCUT2D eigenvalue weighted by Crippen LogP contribution is 2.43. The number of halogens is 1. The van der Waals surface area contributed by atoms with Crippen molar-refractivity contribution >= 4 is 50.3 Å². The van der Waals surface area contributed by atoms with Crippen molar-refractivity contribution in [3.63, 3.8) is 0 Å². The number of carboxylic acids is 1. The van der Waals surface area contributed by atoms with E-state index in [2.05, 4.69) is 46.1 Å². The van der Waals surface area contributed by atoms with Crippen LogP contribution in [0.1, 0.15) is 17.3 Å². The second kappa shape index (κ2) is 9.30. The Morgan fingerprint density at radius 1 is 1.18 bits per heavy atom. The van der Waals surface area contributed by atoms with E-state index in [1.807, 2.05) is 0 Å². The molecular formula is C29H30FN7O3. The molecule has 6 rings (SSSR count). The Balaban J connectivity index is 1.68. The van der Waals surface area contributed by atoms with Gasteiger partial charge in [0, 0.05) is 68.3 Å². The number of carbonyl (C=O) groups is 1. The van der Waals surface area contributed by atoms with E-state index < -0.39 is 11.4 Å². The van der Waals surface area contributed by atoms with Crippen molar-refractivity contribution in [3.8, 4) is 11.1 Å². The molecule has 0 radical (unpaired) electrons. The number of nitrogens with one attached hydrogen (secondary N) is 2. The summed E-state index contributed by atoms with van der Waals surface area (Å²) in [5.41, 5.74) is 3.67. The average Bonchev–Trinajstić information content (AvgIpc) is 3.49. The number of pyridine rings is 3. The third kappa shape index (κ3) is 3.88. The van der Waals surface area contributed by atoms with Gasteiger partial charge in [0.15, 0.2) is 0 Å². The highest BCUT2D eigenvalue weighted by atomic mass is 19.1. The normalized spacial score (nSPS) is 17.5. The topological polar surface area (TPSA) is 119 Å². The number of aryl methyl sites for hydroxylation is 1. The van der Waals surface area contributed by atoms with Gasteiger partial charge in [-0.3, -0.25) is 4.79 Å². The lowest BCUT2D eigenvalue weighted by Gasteiger charge is -2.25. The smallest absolute Gasteiger partial charge is 0.341 e. The van der Waals surface area contributed by atoms with E-state index in [0.29, 0.717) is 39.9 Å². The molecule has 0 spiro atoms. The highest BCUT2D eigenvalue weighted by molar-refractivity contribution is 6.18. The van der Waals surface area contributed by atoms with Crippen LogP contribution in [0.3, 0.4) is 0 Å². The van der Waals surface area contributed by atoms with E-state index in [1.54, 1.807) is 32.6 Å². The molecule has 2 atom stereocenters. The van der Waals surface area contributed by atoms with Crippen LogP contribution < -0.4 is 15.6 Å². The standard InChI is InChI=1S/C29H30FN7O3/c1-14-11-37(13-22(14)35(3)4)25-19(10-32-27-23(25)17-7-16(30)8-21(31-2)24(17)34-27)15-6-18-26(38)20(29(39)40)12-36(5)28(18)33-9-15/h6-10,12,14,22,31H,11,13H2,1-5H3,(H,32,34)(H,39,40)/t14-,22-/m0/s1. The maximum Gasteiger partial charge on any atom is 0.341 e. The van der Waals surface area contributed by atoms with Crippen LogP contribution in [0.15, 0.2) is 41.6 Å². The number of hydrogen-bond acceptors (Lipinski definition) is 7. The Labute approximate surface area is 229 Å². The largest absolute Gasteiger partial charge is 0.477 e. The maximum absolute atomic E-state index is 14.8. The molecule has 5 aromatic rings. The van der Waals surface area contributed by atoms with Crippen molar-refractivity contribution in [3.05, 3.63) is 58.4 Å². The van der Waals surface area contributed by atoms with Gasteiger partial charge in [0.25, 0.3) is 0 Å². The van der Waals surface area contributed by atoms with Crippen LogP contribution in [0, 0.1) is 11.7 Å². The molecule has 1 aliphatic rings. The fraction of sp³-hybridized carbons (Fsp3) is 0.310. The van der Waals surface area contributed by atoms with Crippen molar-refractivity contribution in [2.24, 2.45) is 13.0 Å². The summed E-state index contributed by atoms with van der Waals surface area (Å²) < 4.78 is 16.4. The van der Waals surface area contributed by atoms with E-state index in [9.17, 15) is 19.1 Å². The number of carboxylic acid groups (broad SMARTS) is 1. The molecule has 0 saturated carbocycles. The number of hydrogen-bond donors (Lipinski definition) is 3.